The molecule has 0 aliphatic carbocycles. The number of pyridine rings is 1. The van der Waals surface area contributed by atoms with Crippen molar-refractivity contribution in [2.24, 2.45) is 0 Å². The first-order valence-corrected chi connectivity index (χ1v) is 9.85. The first-order chi connectivity index (χ1) is 14.2. The van der Waals surface area contributed by atoms with Crippen molar-refractivity contribution in [2.45, 2.75) is 46.6 Å². The molecule has 1 amide bonds. The van der Waals surface area contributed by atoms with Gasteiger partial charge in [-0.05, 0) is 56.0 Å². The molecule has 3 rings (SSSR count). The van der Waals surface area contributed by atoms with Crippen LogP contribution in [0.5, 0.6) is 0 Å². The van der Waals surface area contributed by atoms with Gasteiger partial charge in [0, 0.05) is 17.1 Å². The molecule has 1 unspecified atom stereocenters. The van der Waals surface area contributed by atoms with Crippen LogP contribution in [-0.2, 0) is 9.53 Å². The van der Waals surface area contributed by atoms with Crippen LogP contribution in [0.4, 0.5) is 10.1 Å². The topological polar surface area (TPSA) is 68.3 Å². The first kappa shape index (κ1) is 21.4. The fourth-order valence-corrected chi connectivity index (χ4v) is 3.29. The molecule has 6 heteroatoms. The van der Waals surface area contributed by atoms with Crippen LogP contribution in [0, 0.1) is 19.7 Å². The number of benzene rings is 2. The fraction of sp³-hybridized carbons (Fsp3) is 0.292. The van der Waals surface area contributed by atoms with Gasteiger partial charge in [0.2, 0.25) is 0 Å². The molecule has 3 aromatic rings. The highest BCUT2D eigenvalue weighted by Gasteiger charge is 2.22. The predicted octanol–water partition coefficient (Wildman–Crippen LogP) is 5.30. The molecule has 0 aliphatic heterocycles. The average Bonchev–Trinajstić information content (AvgIpc) is 2.68. The standard InChI is InChI=1S/C24H25FN2O3/c1-13(2)19-8-6-7-14(3)22(19)27-23(28)16(5)30-24(29)20-11-17-9-10-18(25)12-21(17)26-15(20)4/h6-13,16H,1-5H3,(H,27,28). The molecule has 1 aromatic heterocycles. The van der Waals surface area contributed by atoms with Gasteiger partial charge in [0.25, 0.3) is 5.91 Å². The van der Waals surface area contributed by atoms with Crippen LogP contribution in [-0.4, -0.2) is 23.0 Å². The minimum Gasteiger partial charge on any atom is -0.449 e. The third kappa shape index (κ3) is 4.48. The van der Waals surface area contributed by atoms with Crippen LogP contribution >= 0.6 is 0 Å². The molecule has 30 heavy (non-hydrogen) atoms. The fourth-order valence-electron chi connectivity index (χ4n) is 3.29. The SMILES string of the molecule is Cc1cccc(C(C)C)c1NC(=O)C(C)OC(=O)c1cc2ccc(F)cc2nc1C. The largest absolute Gasteiger partial charge is 0.449 e. The number of aromatic nitrogens is 1. The average molecular weight is 408 g/mol. The Bertz CT molecular complexity index is 1120. The lowest BCUT2D eigenvalue weighted by atomic mass is 9.98. The first-order valence-electron chi connectivity index (χ1n) is 9.85. The summed E-state index contributed by atoms with van der Waals surface area (Å²) in [7, 11) is 0. The Morgan fingerprint density at radius 1 is 1.07 bits per heavy atom. The van der Waals surface area contributed by atoms with E-state index in [9.17, 15) is 14.0 Å². The number of hydrogen-bond acceptors (Lipinski definition) is 4. The zero-order chi connectivity index (χ0) is 22.0. The lowest BCUT2D eigenvalue weighted by Gasteiger charge is -2.19. The number of carbonyl (C=O) groups is 2. The van der Waals surface area contributed by atoms with Crippen molar-refractivity contribution in [1.29, 1.82) is 0 Å². The molecule has 1 heterocycles. The van der Waals surface area contributed by atoms with Crippen LogP contribution in [0.15, 0.2) is 42.5 Å². The highest BCUT2D eigenvalue weighted by Crippen LogP contribution is 2.27. The van der Waals surface area contributed by atoms with Gasteiger partial charge in [-0.2, -0.15) is 0 Å². The molecule has 2 aromatic carbocycles. The number of aryl methyl sites for hydroxylation is 2. The molecular weight excluding hydrogens is 383 g/mol. The van der Waals surface area contributed by atoms with E-state index in [4.69, 9.17) is 4.74 Å². The second kappa shape index (κ2) is 8.61. The number of esters is 1. The van der Waals surface area contributed by atoms with Gasteiger partial charge in [-0.3, -0.25) is 9.78 Å². The number of fused-ring (bicyclic) bond motifs is 1. The molecule has 0 spiro atoms. The van der Waals surface area contributed by atoms with Crippen molar-refractivity contribution < 1.29 is 18.7 Å². The summed E-state index contributed by atoms with van der Waals surface area (Å²) >= 11 is 0. The number of nitrogens with zero attached hydrogens (tertiary/aromatic N) is 1. The minimum atomic E-state index is -1.000. The molecular formula is C24H25FN2O3. The maximum Gasteiger partial charge on any atom is 0.340 e. The van der Waals surface area contributed by atoms with Crippen molar-refractivity contribution in [1.82, 2.24) is 4.98 Å². The molecule has 1 atom stereocenters. The summed E-state index contributed by atoms with van der Waals surface area (Å²) in [4.78, 5) is 29.6. The third-order valence-electron chi connectivity index (χ3n) is 5.02. The van der Waals surface area contributed by atoms with Gasteiger partial charge in [0.1, 0.15) is 5.82 Å². The summed E-state index contributed by atoms with van der Waals surface area (Å²) in [5.74, 6) is -1.23. The Hall–Kier alpha value is -3.28. The number of rotatable bonds is 5. The Balaban J connectivity index is 1.78. The molecule has 0 saturated heterocycles. The molecule has 156 valence electrons. The monoisotopic (exact) mass is 408 g/mol. The number of carbonyl (C=O) groups excluding carboxylic acids is 2. The maximum atomic E-state index is 13.4. The third-order valence-corrected chi connectivity index (χ3v) is 5.02. The number of hydrogen-bond donors (Lipinski definition) is 1. The van der Waals surface area contributed by atoms with Gasteiger partial charge >= 0.3 is 5.97 Å². The van der Waals surface area contributed by atoms with Crippen LogP contribution in [0.3, 0.4) is 0 Å². The van der Waals surface area contributed by atoms with Gasteiger partial charge in [-0.1, -0.05) is 32.0 Å². The van der Waals surface area contributed by atoms with Crippen LogP contribution in [0.1, 0.15) is 53.9 Å². The van der Waals surface area contributed by atoms with E-state index in [1.807, 2.05) is 25.1 Å². The number of nitrogens with one attached hydrogen (secondary N) is 1. The van der Waals surface area contributed by atoms with Gasteiger partial charge in [0.15, 0.2) is 6.10 Å². The summed E-state index contributed by atoms with van der Waals surface area (Å²) in [5, 5.41) is 3.51. The molecule has 1 N–H and O–H groups in total. The molecule has 0 saturated carbocycles. The van der Waals surface area contributed by atoms with E-state index in [1.165, 1.54) is 19.1 Å². The summed E-state index contributed by atoms with van der Waals surface area (Å²) in [6.45, 7) is 9.20. The smallest absolute Gasteiger partial charge is 0.340 e. The van der Waals surface area contributed by atoms with Gasteiger partial charge < -0.3 is 10.1 Å². The molecule has 0 fully saturated rings. The molecule has 0 aliphatic rings. The van der Waals surface area contributed by atoms with Crippen LogP contribution in [0.25, 0.3) is 10.9 Å². The number of amides is 1. The quantitative estimate of drug-likeness (QED) is 0.582. The van der Waals surface area contributed by atoms with Crippen LogP contribution in [0.2, 0.25) is 0 Å². The van der Waals surface area contributed by atoms with Crippen molar-refractivity contribution in [3.63, 3.8) is 0 Å². The predicted molar refractivity (Wildman–Crippen MR) is 115 cm³/mol. The van der Waals surface area contributed by atoms with Gasteiger partial charge in [0.05, 0.1) is 16.8 Å². The Morgan fingerprint density at radius 2 is 1.80 bits per heavy atom. The zero-order valence-electron chi connectivity index (χ0n) is 17.7. The molecule has 0 radical (unpaired) electrons. The number of para-hydroxylation sites is 1. The van der Waals surface area contributed by atoms with E-state index in [0.717, 1.165) is 16.8 Å². The second-order valence-electron chi connectivity index (χ2n) is 7.69. The van der Waals surface area contributed by atoms with Crippen molar-refractivity contribution >= 4 is 28.5 Å². The highest BCUT2D eigenvalue weighted by molar-refractivity contribution is 5.99. The maximum absolute atomic E-state index is 13.4. The van der Waals surface area contributed by atoms with Crippen LogP contribution < -0.4 is 5.32 Å². The minimum absolute atomic E-state index is 0.231. The normalized spacial score (nSPS) is 12.1. The van der Waals surface area contributed by atoms with Gasteiger partial charge in [-0.25, -0.2) is 9.18 Å². The summed E-state index contributed by atoms with van der Waals surface area (Å²) < 4.78 is 18.8. The lowest BCUT2D eigenvalue weighted by molar-refractivity contribution is -0.123. The van der Waals surface area contributed by atoms with E-state index in [2.05, 4.69) is 24.1 Å². The van der Waals surface area contributed by atoms with E-state index >= 15 is 0 Å². The zero-order valence-corrected chi connectivity index (χ0v) is 17.7. The van der Waals surface area contributed by atoms with Crippen molar-refractivity contribution in [2.75, 3.05) is 5.32 Å². The van der Waals surface area contributed by atoms with E-state index in [0.29, 0.717) is 16.6 Å². The molecule has 5 nitrogen and oxygen atoms in total. The second-order valence-corrected chi connectivity index (χ2v) is 7.69. The van der Waals surface area contributed by atoms with Crippen molar-refractivity contribution in [3.8, 4) is 0 Å². The van der Waals surface area contributed by atoms with Gasteiger partial charge in [-0.15, -0.1) is 0 Å². The number of halogens is 1. The molecule has 0 bridgehead atoms. The lowest BCUT2D eigenvalue weighted by Crippen LogP contribution is -2.31. The Morgan fingerprint density at radius 3 is 2.50 bits per heavy atom. The highest BCUT2D eigenvalue weighted by atomic mass is 19.1. The number of anilines is 1. The summed E-state index contributed by atoms with van der Waals surface area (Å²) in [6.07, 6.45) is -1.000. The van der Waals surface area contributed by atoms with E-state index < -0.39 is 23.8 Å². The summed E-state index contributed by atoms with van der Waals surface area (Å²) in [5.41, 5.74) is 3.80. The van der Waals surface area contributed by atoms with Crippen molar-refractivity contribution in [3.05, 3.63) is 70.7 Å². The van der Waals surface area contributed by atoms with E-state index in [-0.39, 0.29) is 11.5 Å². The Kier molecular flexibility index (Phi) is 6.15. The Labute approximate surface area is 175 Å². The summed E-state index contributed by atoms with van der Waals surface area (Å²) in [6, 6.07) is 11.6. The van der Waals surface area contributed by atoms with E-state index in [1.54, 1.807) is 19.1 Å². The number of ether oxygens (including phenoxy) is 1.